The van der Waals surface area contributed by atoms with E-state index in [0.29, 0.717) is 36.9 Å². The average molecular weight is 1110 g/mol. The number of amides is 3. The summed E-state index contributed by atoms with van der Waals surface area (Å²) in [4.78, 5) is 99.2. The lowest BCUT2D eigenvalue weighted by Gasteiger charge is -2.59. The number of carbonyl (C=O) groups is 6. The number of esters is 1. The quantitative estimate of drug-likeness (QED) is 0.0431. The molecule has 0 spiro atoms. The van der Waals surface area contributed by atoms with Crippen LogP contribution in [0.2, 0.25) is 0 Å². The average Bonchev–Trinajstić information content (AvgIpc) is 4.24. The van der Waals surface area contributed by atoms with Crippen molar-refractivity contribution in [1.29, 1.82) is 0 Å². The predicted octanol–water partition coefficient (Wildman–Crippen LogP) is 8.08. The first kappa shape index (κ1) is 56.6. The van der Waals surface area contributed by atoms with Crippen molar-refractivity contribution in [3.05, 3.63) is 149 Å². The normalized spacial score (nSPS) is 27.7. The molecule has 10 rings (SSSR count). The van der Waals surface area contributed by atoms with Crippen molar-refractivity contribution < 1.29 is 71.7 Å². The van der Waals surface area contributed by atoms with E-state index in [9.17, 15) is 48.2 Å². The SMILES string of the molecule is CC(C)(C)OC(=O)CC[C@H](NC(=O)CNC(=O)OCC1c2ccccc2-c2ccccc21)C(=O)Nc1cccc(Cc2ccc([C@@H]3O[C@@H]4C[C@H]5[C@@H]6CCC7=CC(=O)C=C[C@]7(C)[C@H]6[C@@H](O)C[C@]5(C)[C@]4(C(=O)COP(=O)(O)O)O3)cc2)c1. The van der Waals surface area contributed by atoms with Crippen molar-refractivity contribution in [2.75, 3.05) is 25.1 Å². The Balaban J connectivity index is 0.784. The molecule has 422 valence electrons. The van der Waals surface area contributed by atoms with E-state index in [1.165, 1.54) is 0 Å². The summed E-state index contributed by atoms with van der Waals surface area (Å²) in [7, 11) is -5.06. The molecule has 0 unspecified atom stereocenters. The summed E-state index contributed by atoms with van der Waals surface area (Å²) in [6.07, 6.45) is 3.51. The molecule has 4 fully saturated rings. The first-order valence-electron chi connectivity index (χ1n) is 27.2. The van der Waals surface area contributed by atoms with Crippen LogP contribution in [0.3, 0.4) is 0 Å². The molecule has 19 heteroatoms. The third kappa shape index (κ3) is 11.2. The lowest BCUT2D eigenvalue weighted by molar-refractivity contribution is -0.200. The molecule has 6 aliphatic rings. The zero-order valence-corrected chi connectivity index (χ0v) is 46.2. The highest BCUT2D eigenvalue weighted by atomic mass is 31.2. The van der Waals surface area contributed by atoms with E-state index in [2.05, 4.69) is 16.0 Å². The number of aliphatic hydroxyl groups excluding tert-OH is 1. The number of aliphatic hydroxyl groups is 1. The Hall–Kier alpha value is -6.63. The number of ether oxygens (including phenoxy) is 4. The molecule has 5 aliphatic carbocycles. The number of hydrogen-bond donors (Lipinski definition) is 6. The number of nitrogens with one attached hydrogen (secondary N) is 3. The minimum Gasteiger partial charge on any atom is -0.460 e. The van der Waals surface area contributed by atoms with E-state index < -0.39 is 97.2 Å². The molecule has 0 aromatic heterocycles. The van der Waals surface area contributed by atoms with E-state index in [4.69, 9.17) is 23.5 Å². The molecule has 4 aromatic carbocycles. The van der Waals surface area contributed by atoms with Gasteiger partial charge in [-0.25, -0.2) is 9.36 Å². The van der Waals surface area contributed by atoms with Crippen LogP contribution in [0.4, 0.5) is 10.5 Å². The van der Waals surface area contributed by atoms with Gasteiger partial charge in [-0.3, -0.25) is 28.5 Å². The number of fused-ring (bicyclic) bond motifs is 10. The minimum atomic E-state index is -5.06. The fraction of sp³-hybridized carbons (Fsp3) is 0.443. The second kappa shape index (κ2) is 22.0. The molecule has 0 radical (unpaired) electrons. The van der Waals surface area contributed by atoms with Gasteiger partial charge in [0.15, 0.2) is 23.5 Å². The number of hydrogen-bond acceptors (Lipinski definition) is 13. The number of allylic oxidation sites excluding steroid dienone is 4. The number of phosphoric ester groups is 1. The Labute approximate surface area is 464 Å². The largest absolute Gasteiger partial charge is 0.470 e. The van der Waals surface area contributed by atoms with Gasteiger partial charge < -0.3 is 49.8 Å². The van der Waals surface area contributed by atoms with E-state index in [1.807, 2.05) is 98.8 Å². The second-order valence-electron chi connectivity index (χ2n) is 23.5. The van der Waals surface area contributed by atoms with Crippen LogP contribution >= 0.6 is 7.82 Å². The van der Waals surface area contributed by atoms with Crippen molar-refractivity contribution in [1.82, 2.24) is 10.6 Å². The zero-order chi connectivity index (χ0) is 56.9. The van der Waals surface area contributed by atoms with Crippen LogP contribution in [0, 0.1) is 28.6 Å². The van der Waals surface area contributed by atoms with Gasteiger partial charge in [-0.1, -0.05) is 110 Å². The van der Waals surface area contributed by atoms with Crippen molar-refractivity contribution >= 4 is 49.0 Å². The summed E-state index contributed by atoms with van der Waals surface area (Å²) in [5.41, 5.74) is 3.80. The van der Waals surface area contributed by atoms with Gasteiger partial charge in [0.25, 0.3) is 0 Å². The molecule has 4 aromatic rings. The number of anilines is 1. The monoisotopic (exact) mass is 1110 g/mol. The maximum absolute atomic E-state index is 14.5. The number of Topliss-reactive ketones (excluding diaryl/α,β-unsaturated/α-hetero) is 1. The molecule has 3 saturated carbocycles. The topological polar surface area (TPSA) is 262 Å². The highest BCUT2D eigenvalue weighted by Gasteiger charge is 2.76. The van der Waals surface area contributed by atoms with E-state index in [0.717, 1.165) is 39.0 Å². The van der Waals surface area contributed by atoms with Gasteiger partial charge >= 0.3 is 19.9 Å². The number of phosphoric acid groups is 1. The fourth-order valence-electron chi connectivity index (χ4n) is 14.0. The fourth-order valence-corrected chi connectivity index (χ4v) is 14.2. The van der Waals surface area contributed by atoms with Crippen LogP contribution in [0.25, 0.3) is 11.1 Å². The van der Waals surface area contributed by atoms with Gasteiger partial charge in [-0.15, -0.1) is 0 Å². The minimum absolute atomic E-state index is 0.0455. The molecule has 10 atom stereocenters. The zero-order valence-electron chi connectivity index (χ0n) is 45.3. The Morgan fingerprint density at radius 3 is 2.29 bits per heavy atom. The summed E-state index contributed by atoms with van der Waals surface area (Å²) < 4.78 is 41.3. The van der Waals surface area contributed by atoms with Gasteiger partial charge in [-0.2, -0.15) is 0 Å². The van der Waals surface area contributed by atoms with E-state index in [-0.39, 0.29) is 55.3 Å². The first-order chi connectivity index (χ1) is 37.9. The van der Waals surface area contributed by atoms with Gasteiger partial charge in [0.05, 0.1) is 12.2 Å². The molecule has 1 saturated heterocycles. The second-order valence-corrected chi connectivity index (χ2v) is 24.7. The van der Waals surface area contributed by atoms with Crippen molar-refractivity contribution in [2.45, 2.75) is 121 Å². The van der Waals surface area contributed by atoms with Crippen molar-refractivity contribution in [2.24, 2.45) is 28.6 Å². The Morgan fingerprint density at radius 2 is 1.60 bits per heavy atom. The number of alkyl carbamates (subject to hydrolysis) is 1. The summed E-state index contributed by atoms with van der Waals surface area (Å²) in [5.74, 6) is -3.30. The van der Waals surface area contributed by atoms with Crippen LogP contribution in [-0.4, -0.2) is 99.5 Å². The molecule has 18 nitrogen and oxygen atoms in total. The highest BCUT2D eigenvalue weighted by Crippen LogP contribution is 2.70. The lowest BCUT2D eigenvalue weighted by atomic mass is 9.46. The maximum atomic E-state index is 14.5. The molecule has 3 amide bonds. The van der Waals surface area contributed by atoms with Crippen LogP contribution in [0.15, 0.2) is 121 Å². The Kier molecular flexibility index (Phi) is 15.6. The number of rotatable bonds is 17. The van der Waals surface area contributed by atoms with Crippen LogP contribution in [-0.2, 0) is 58.4 Å². The molecule has 0 bridgehead atoms. The van der Waals surface area contributed by atoms with Gasteiger partial charge in [0.1, 0.15) is 31.4 Å². The number of carbonyl (C=O) groups excluding carboxylic acids is 6. The van der Waals surface area contributed by atoms with Crippen LogP contribution in [0.1, 0.15) is 113 Å². The molecular formula is C61H68N3O15P. The first-order valence-corrected chi connectivity index (χ1v) is 28.8. The summed E-state index contributed by atoms with van der Waals surface area (Å²) >= 11 is 0. The molecular weight excluding hydrogens is 1050 g/mol. The van der Waals surface area contributed by atoms with Crippen molar-refractivity contribution in [3.8, 4) is 11.1 Å². The molecule has 80 heavy (non-hydrogen) atoms. The number of ketones is 2. The third-order valence-electron chi connectivity index (χ3n) is 17.3. The predicted molar refractivity (Wildman–Crippen MR) is 292 cm³/mol. The maximum Gasteiger partial charge on any atom is 0.470 e. The summed E-state index contributed by atoms with van der Waals surface area (Å²) in [5, 5.41) is 20.1. The van der Waals surface area contributed by atoms with Crippen LogP contribution in [0.5, 0.6) is 0 Å². The number of benzene rings is 4. The molecule has 1 aliphatic heterocycles. The third-order valence-corrected chi connectivity index (χ3v) is 17.8. The van der Waals surface area contributed by atoms with E-state index >= 15 is 0 Å². The summed E-state index contributed by atoms with van der Waals surface area (Å²) in [6, 6.07) is 29.2. The van der Waals surface area contributed by atoms with Crippen molar-refractivity contribution in [3.63, 3.8) is 0 Å². The lowest BCUT2D eigenvalue weighted by Crippen LogP contribution is -2.63. The Morgan fingerprint density at radius 1 is 0.900 bits per heavy atom. The highest BCUT2D eigenvalue weighted by molar-refractivity contribution is 7.46. The van der Waals surface area contributed by atoms with Crippen LogP contribution < -0.4 is 16.0 Å². The van der Waals surface area contributed by atoms with E-state index in [1.54, 1.807) is 51.1 Å². The van der Waals surface area contributed by atoms with Gasteiger partial charge in [-0.05, 0) is 129 Å². The summed E-state index contributed by atoms with van der Waals surface area (Å²) in [6.45, 7) is 7.75. The van der Waals surface area contributed by atoms with Gasteiger partial charge in [0, 0.05) is 40.3 Å². The standard InChI is InChI=1S/C61H68N3O15P/c1-58(2,3)78-53(69)24-23-48(64-52(68)32-62-57(71)75-33-46-43-15-8-6-13-41(43)42-14-7-9-16-44(42)46)55(70)63-39-12-10-11-36(28-39)27-35-17-19-37(20-18-35)56-77-51-30-47-45-22-21-38-29-40(65)25-26-59(38,4)54(45)49(66)31-60(47,5)61(51,79-56)50(67)34-76-80(72,73)74/h6-20,25-26,28-29,45-49,51,54,56,66H,21-24,27,30-34H2,1-5H3,(H,62,71)(H,63,70)(H,64,68)(H2,72,73,74)/t45-,47-,48-,49-,51+,54+,56+,59-,60-,61+/m0/s1. The molecule has 6 N–H and O–H groups in total. The van der Waals surface area contributed by atoms with Gasteiger partial charge in [0.2, 0.25) is 11.8 Å². The smallest absolute Gasteiger partial charge is 0.460 e. The molecule has 1 heterocycles. The Bertz CT molecular complexity index is 3170.